The Bertz CT molecular complexity index is 2130. The molecule has 5 aromatic rings. The maximum Gasteiger partial charge on any atom is 0.351 e. The lowest BCUT2D eigenvalue weighted by atomic mass is 10.0. The van der Waals surface area contributed by atoms with Gasteiger partial charge in [0.1, 0.15) is 5.82 Å². The molecule has 242 valence electrons. The summed E-state index contributed by atoms with van der Waals surface area (Å²) in [6.07, 6.45) is 2.27. The first-order valence-corrected chi connectivity index (χ1v) is 17.0. The topological polar surface area (TPSA) is 132 Å². The molecule has 10 nitrogen and oxygen atoms in total. The van der Waals surface area contributed by atoms with Crippen molar-refractivity contribution in [1.82, 2.24) is 19.1 Å². The Kier molecular flexibility index (Phi) is 10.3. The molecule has 0 radical (unpaired) electrons. The number of anilines is 1. The number of carbonyl (C=O) groups excluding carboxylic acids is 2. The molecule has 1 aromatic heterocycles. The maximum atomic E-state index is 13.7. The molecule has 0 aliphatic carbocycles. The molecule has 0 bridgehead atoms. The van der Waals surface area contributed by atoms with Gasteiger partial charge in [-0.1, -0.05) is 91.1 Å². The van der Waals surface area contributed by atoms with Crippen molar-refractivity contribution in [2.24, 2.45) is 0 Å². The molecule has 4 aromatic carbocycles. The zero-order chi connectivity index (χ0) is 33.7. The van der Waals surface area contributed by atoms with Crippen molar-refractivity contribution in [3.05, 3.63) is 128 Å². The highest BCUT2D eigenvalue weighted by molar-refractivity contribution is 7.90. The number of aryl methyl sites for hydroxylation is 1. The number of sulfonamides is 1. The molecular formula is C34H31Cl2N5O5S. The zero-order valence-electron chi connectivity index (χ0n) is 25.5. The van der Waals surface area contributed by atoms with E-state index >= 15 is 0 Å². The summed E-state index contributed by atoms with van der Waals surface area (Å²) in [5.41, 5.74) is 2.23. The van der Waals surface area contributed by atoms with Crippen LogP contribution in [0, 0.1) is 0 Å². The summed E-state index contributed by atoms with van der Waals surface area (Å²) in [7, 11) is -4.27. The van der Waals surface area contributed by atoms with Crippen molar-refractivity contribution in [2.75, 3.05) is 5.32 Å². The van der Waals surface area contributed by atoms with E-state index in [1.165, 1.54) is 29.8 Å². The number of halogens is 2. The average molecular weight is 693 g/mol. The van der Waals surface area contributed by atoms with Crippen LogP contribution in [-0.2, 0) is 27.8 Å². The average Bonchev–Trinajstić information content (AvgIpc) is 3.35. The van der Waals surface area contributed by atoms with Crippen LogP contribution in [0.3, 0.4) is 0 Å². The standard InChI is InChI=1S/C34H31Cl2N5O5S/c1-3-4-13-32-38-41(30-20-25(37-22(2)42)18-19-29(30)36)34(44)40(32)21-23-14-16-24(17-15-23)26-9-6-8-12-31(26)47(45,46)39-33(43)27-10-5-7-11-28(27)35/h5-12,14-20H,3-4,13,21H2,1-2H3,(H,37,42)(H,39,43). The third kappa shape index (κ3) is 7.65. The highest BCUT2D eigenvalue weighted by atomic mass is 35.5. The molecule has 1 heterocycles. The summed E-state index contributed by atoms with van der Waals surface area (Å²) in [4.78, 5) is 38.0. The number of hydrogen-bond acceptors (Lipinski definition) is 6. The van der Waals surface area contributed by atoms with Crippen LogP contribution < -0.4 is 15.7 Å². The molecule has 0 saturated heterocycles. The van der Waals surface area contributed by atoms with E-state index in [1.807, 2.05) is 6.92 Å². The smallest absolute Gasteiger partial charge is 0.326 e. The minimum atomic E-state index is -4.27. The Labute approximate surface area is 282 Å². The van der Waals surface area contributed by atoms with Gasteiger partial charge in [-0.05, 0) is 53.9 Å². The first-order valence-electron chi connectivity index (χ1n) is 14.7. The molecule has 0 saturated carbocycles. The highest BCUT2D eigenvalue weighted by Crippen LogP contribution is 2.29. The van der Waals surface area contributed by atoms with Gasteiger partial charge in [-0.2, -0.15) is 4.68 Å². The quantitative estimate of drug-likeness (QED) is 0.163. The number of hydrogen-bond donors (Lipinski definition) is 2. The molecule has 2 amide bonds. The van der Waals surface area contributed by atoms with Gasteiger partial charge in [0.25, 0.3) is 15.9 Å². The monoisotopic (exact) mass is 691 g/mol. The Morgan fingerprint density at radius 1 is 0.894 bits per heavy atom. The lowest BCUT2D eigenvalue weighted by Crippen LogP contribution is -2.31. The molecule has 0 aliphatic rings. The first kappa shape index (κ1) is 33.6. The van der Waals surface area contributed by atoms with E-state index in [-0.39, 0.29) is 27.9 Å². The Hall–Kier alpha value is -4.71. The van der Waals surface area contributed by atoms with E-state index in [9.17, 15) is 22.8 Å². The van der Waals surface area contributed by atoms with Crippen molar-refractivity contribution in [2.45, 2.75) is 44.6 Å². The van der Waals surface area contributed by atoms with E-state index in [0.717, 1.165) is 18.4 Å². The van der Waals surface area contributed by atoms with Crippen LogP contribution in [0.1, 0.15) is 48.4 Å². The van der Waals surface area contributed by atoms with Gasteiger partial charge in [0.15, 0.2) is 0 Å². The minimum Gasteiger partial charge on any atom is -0.326 e. The second kappa shape index (κ2) is 14.4. The van der Waals surface area contributed by atoms with Gasteiger partial charge in [-0.15, -0.1) is 5.10 Å². The van der Waals surface area contributed by atoms with Crippen LogP contribution >= 0.6 is 23.2 Å². The van der Waals surface area contributed by atoms with E-state index in [1.54, 1.807) is 77.4 Å². The van der Waals surface area contributed by atoms with E-state index in [0.29, 0.717) is 39.8 Å². The number of nitrogens with zero attached hydrogens (tertiary/aromatic N) is 3. The number of unbranched alkanes of at least 4 members (excludes halogenated alkanes) is 1. The van der Waals surface area contributed by atoms with Crippen LogP contribution in [0.25, 0.3) is 16.8 Å². The zero-order valence-corrected chi connectivity index (χ0v) is 27.9. The lowest BCUT2D eigenvalue weighted by molar-refractivity contribution is -0.114. The van der Waals surface area contributed by atoms with Gasteiger partial charge in [0, 0.05) is 24.6 Å². The van der Waals surface area contributed by atoms with Crippen LogP contribution in [0.5, 0.6) is 0 Å². The van der Waals surface area contributed by atoms with E-state index < -0.39 is 21.6 Å². The molecular weight excluding hydrogens is 661 g/mol. The molecule has 0 unspecified atom stereocenters. The summed E-state index contributed by atoms with van der Waals surface area (Å²) in [6, 6.07) is 24.5. The number of benzene rings is 4. The molecule has 47 heavy (non-hydrogen) atoms. The maximum absolute atomic E-state index is 13.7. The van der Waals surface area contributed by atoms with E-state index in [4.69, 9.17) is 23.2 Å². The first-order chi connectivity index (χ1) is 22.5. The van der Waals surface area contributed by atoms with Gasteiger partial charge in [-0.25, -0.2) is 17.9 Å². The molecule has 0 fully saturated rings. The largest absolute Gasteiger partial charge is 0.351 e. The SMILES string of the molecule is CCCCc1nn(-c2cc(NC(C)=O)ccc2Cl)c(=O)n1Cc1ccc(-c2ccccc2S(=O)(=O)NC(=O)c2ccccc2Cl)cc1. The fraction of sp³-hybridized carbons (Fsp3) is 0.176. The fourth-order valence-corrected chi connectivity index (χ4v) is 6.63. The van der Waals surface area contributed by atoms with Crippen LogP contribution in [-0.4, -0.2) is 34.6 Å². The van der Waals surface area contributed by atoms with Gasteiger partial charge < -0.3 is 5.32 Å². The second-order valence-corrected chi connectivity index (χ2v) is 13.2. The Balaban J connectivity index is 1.44. The third-order valence-corrected chi connectivity index (χ3v) is 9.35. The third-order valence-electron chi connectivity index (χ3n) is 7.32. The summed E-state index contributed by atoms with van der Waals surface area (Å²) < 4.78 is 31.6. The molecule has 13 heteroatoms. The van der Waals surface area contributed by atoms with Gasteiger partial charge in [0.2, 0.25) is 5.91 Å². The number of amides is 2. The van der Waals surface area contributed by atoms with Crippen LogP contribution in [0.4, 0.5) is 5.69 Å². The molecule has 0 aliphatic heterocycles. The van der Waals surface area contributed by atoms with Gasteiger partial charge in [-0.3, -0.25) is 14.2 Å². The lowest BCUT2D eigenvalue weighted by Gasteiger charge is -2.13. The van der Waals surface area contributed by atoms with Gasteiger partial charge >= 0.3 is 5.69 Å². The summed E-state index contributed by atoms with van der Waals surface area (Å²) in [5.74, 6) is -0.522. The van der Waals surface area contributed by atoms with E-state index in [2.05, 4.69) is 15.1 Å². The number of nitrogens with one attached hydrogen (secondary N) is 2. The number of carbonyl (C=O) groups is 2. The molecule has 0 spiro atoms. The van der Waals surface area contributed by atoms with Crippen LogP contribution in [0.15, 0.2) is 101 Å². The summed E-state index contributed by atoms with van der Waals surface area (Å²) >= 11 is 12.6. The summed E-state index contributed by atoms with van der Waals surface area (Å²) in [5, 5.41) is 7.74. The predicted octanol–water partition coefficient (Wildman–Crippen LogP) is 6.48. The fourth-order valence-electron chi connectivity index (χ4n) is 5.02. The summed E-state index contributed by atoms with van der Waals surface area (Å²) in [6.45, 7) is 3.64. The van der Waals surface area contributed by atoms with Crippen molar-refractivity contribution >= 4 is 50.7 Å². The molecule has 0 atom stereocenters. The van der Waals surface area contributed by atoms with Crippen molar-refractivity contribution in [3.8, 4) is 16.8 Å². The Morgan fingerprint density at radius 3 is 2.30 bits per heavy atom. The predicted molar refractivity (Wildman–Crippen MR) is 183 cm³/mol. The number of rotatable bonds is 11. The minimum absolute atomic E-state index is 0.0409. The Morgan fingerprint density at radius 2 is 1.60 bits per heavy atom. The van der Waals surface area contributed by atoms with Crippen molar-refractivity contribution in [3.63, 3.8) is 0 Å². The normalized spacial score (nSPS) is 11.3. The van der Waals surface area contributed by atoms with Crippen molar-refractivity contribution in [1.29, 1.82) is 0 Å². The van der Waals surface area contributed by atoms with Crippen LogP contribution in [0.2, 0.25) is 10.0 Å². The number of aromatic nitrogens is 3. The molecule has 5 rings (SSSR count). The molecule has 2 N–H and O–H groups in total. The highest BCUT2D eigenvalue weighted by Gasteiger charge is 2.24. The van der Waals surface area contributed by atoms with Gasteiger partial charge in [0.05, 0.1) is 32.7 Å². The van der Waals surface area contributed by atoms with Crippen molar-refractivity contribution < 1.29 is 18.0 Å². The second-order valence-electron chi connectivity index (χ2n) is 10.8.